The van der Waals surface area contributed by atoms with Crippen molar-refractivity contribution >= 4 is 11.9 Å². The van der Waals surface area contributed by atoms with E-state index in [4.69, 9.17) is 14.2 Å². The Hall–Kier alpha value is -1.10. The first kappa shape index (κ1) is 30.1. The van der Waals surface area contributed by atoms with Gasteiger partial charge in [0.1, 0.15) is 0 Å². The molecule has 0 N–H and O–H groups in total. The summed E-state index contributed by atoms with van der Waals surface area (Å²) < 4.78 is 17.1. The molecule has 2 aliphatic heterocycles. The molecule has 0 aromatic rings. The molecule has 5 heteroatoms. The Morgan fingerprint density at radius 3 is 1.20 bits per heavy atom. The summed E-state index contributed by atoms with van der Waals surface area (Å²) in [7, 11) is 0. The molecule has 2 heterocycles. The van der Waals surface area contributed by atoms with Crippen molar-refractivity contribution in [2.45, 2.75) is 154 Å². The molecule has 4 atom stereocenters. The van der Waals surface area contributed by atoms with E-state index in [1.807, 2.05) is 0 Å². The lowest BCUT2D eigenvalue weighted by Gasteiger charge is -2.25. The monoisotopic (exact) mass is 494 g/mol. The van der Waals surface area contributed by atoms with Gasteiger partial charge in [0.2, 0.25) is 0 Å². The predicted molar refractivity (Wildman–Crippen MR) is 141 cm³/mol. The van der Waals surface area contributed by atoms with E-state index in [1.54, 1.807) is 0 Å². The van der Waals surface area contributed by atoms with Crippen LogP contribution in [0.3, 0.4) is 0 Å². The van der Waals surface area contributed by atoms with Gasteiger partial charge in [-0.2, -0.15) is 0 Å². The largest absolute Gasteiger partial charge is 0.465 e. The molecule has 0 aromatic carbocycles. The molecule has 204 valence electrons. The summed E-state index contributed by atoms with van der Waals surface area (Å²) in [6.07, 6.45) is 23.5. The third kappa shape index (κ3) is 11.7. The fraction of sp³-hybridized carbons (Fsp3) is 0.933. The van der Waals surface area contributed by atoms with Crippen LogP contribution in [0.15, 0.2) is 0 Å². The number of hydrogen-bond acceptors (Lipinski definition) is 5. The lowest BCUT2D eigenvalue weighted by Crippen LogP contribution is -2.40. The smallest absolute Gasteiger partial charge is 0.312 e. The Labute approximate surface area is 215 Å². The zero-order chi connectivity index (χ0) is 25.1. The summed E-state index contributed by atoms with van der Waals surface area (Å²) in [6.45, 7) is 5.38. The molecule has 2 rings (SSSR count). The molecule has 5 nitrogen and oxygen atoms in total. The van der Waals surface area contributed by atoms with Crippen LogP contribution in [-0.2, 0) is 23.8 Å². The van der Waals surface area contributed by atoms with E-state index in [0.717, 1.165) is 38.5 Å². The van der Waals surface area contributed by atoms with Gasteiger partial charge < -0.3 is 14.2 Å². The quantitative estimate of drug-likeness (QED) is 0.113. The van der Waals surface area contributed by atoms with E-state index >= 15 is 0 Å². The summed E-state index contributed by atoms with van der Waals surface area (Å²) in [6, 6.07) is 0. The minimum absolute atomic E-state index is 0.180. The fourth-order valence-corrected chi connectivity index (χ4v) is 5.64. The molecule has 2 bridgehead atoms. The van der Waals surface area contributed by atoms with Crippen molar-refractivity contribution in [3.8, 4) is 0 Å². The van der Waals surface area contributed by atoms with Crippen molar-refractivity contribution < 1.29 is 23.8 Å². The summed E-state index contributed by atoms with van der Waals surface area (Å²) >= 11 is 0. The standard InChI is InChI=1S/C30H54O5/c1-3-5-7-9-11-13-15-17-19-23-33-29(31)27-25-21-22-26(35-25)28(27)30(32)34-24-20-18-16-14-12-10-8-6-4-2/h25-28H,3-24H2,1-2H3. The number of carbonyl (C=O) groups is 2. The number of hydrogen-bond donors (Lipinski definition) is 0. The molecule has 0 aliphatic carbocycles. The zero-order valence-corrected chi connectivity index (χ0v) is 22.9. The van der Waals surface area contributed by atoms with Crippen LogP contribution in [0.2, 0.25) is 0 Å². The van der Waals surface area contributed by atoms with E-state index in [0.29, 0.717) is 13.2 Å². The van der Waals surface area contributed by atoms with Crippen molar-refractivity contribution in [3.63, 3.8) is 0 Å². The van der Waals surface area contributed by atoms with Gasteiger partial charge in [0.15, 0.2) is 0 Å². The summed E-state index contributed by atoms with van der Waals surface area (Å²) in [5.74, 6) is -1.49. The van der Waals surface area contributed by atoms with Crippen LogP contribution < -0.4 is 0 Å². The van der Waals surface area contributed by atoms with Gasteiger partial charge in [-0.1, -0.05) is 117 Å². The SMILES string of the molecule is CCCCCCCCCCCOC(=O)C1C2CCC(O2)C1C(=O)OCCCCCCCCCCC. The van der Waals surface area contributed by atoms with Gasteiger partial charge in [-0.05, 0) is 25.7 Å². The molecule has 4 unspecified atom stereocenters. The van der Waals surface area contributed by atoms with E-state index in [9.17, 15) is 9.59 Å². The van der Waals surface area contributed by atoms with E-state index in [1.165, 1.54) is 89.9 Å². The van der Waals surface area contributed by atoms with Gasteiger partial charge >= 0.3 is 11.9 Å². The molecule has 2 saturated heterocycles. The molecule has 0 amide bonds. The van der Waals surface area contributed by atoms with Gasteiger partial charge in [0.05, 0.1) is 37.3 Å². The summed E-state index contributed by atoms with van der Waals surface area (Å²) in [5.41, 5.74) is 0. The van der Waals surface area contributed by atoms with Gasteiger partial charge in [-0.15, -0.1) is 0 Å². The molecule has 0 aromatic heterocycles. The molecule has 0 spiro atoms. The second kappa shape index (κ2) is 19.1. The Morgan fingerprint density at radius 1 is 0.543 bits per heavy atom. The van der Waals surface area contributed by atoms with E-state index in [-0.39, 0.29) is 24.1 Å². The van der Waals surface area contributed by atoms with Crippen LogP contribution in [-0.4, -0.2) is 37.4 Å². The van der Waals surface area contributed by atoms with Crippen LogP contribution >= 0.6 is 0 Å². The highest BCUT2D eigenvalue weighted by Crippen LogP contribution is 2.44. The first-order valence-corrected chi connectivity index (χ1v) is 15.2. The number of carbonyl (C=O) groups excluding carboxylic acids is 2. The zero-order valence-electron chi connectivity index (χ0n) is 22.9. The van der Waals surface area contributed by atoms with Crippen molar-refractivity contribution in [2.75, 3.05) is 13.2 Å². The predicted octanol–water partition coefficient (Wildman–Crippen LogP) is 7.93. The molecular formula is C30H54O5. The highest BCUT2D eigenvalue weighted by atomic mass is 16.6. The van der Waals surface area contributed by atoms with Crippen LogP contribution in [0.1, 0.15) is 142 Å². The molecule has 35 heavy (non-hydrogen) atoms. The third-order valence-electron chi connectivity index (χ3n) is 7.80. The molecular weight excluding hydrogens is 440 g/mol. The van der Waals surface area contributed by atoms with Crippen LogP contribution in [0.25, 0.3) is 0 Å². The molecule has 2 aliphatic rings. The van der Waals surface area contributed by atoms with Crippen LogP contribution in [0, 0.1) is 11.8 Å². The Kier molecular flexibility index (Phi) is 16.4. The Balaban J connectivity index is 1.56. The minimum atomic E-state index is -0.483. The molecule has 2 fully saturated rings. The fourth-order valence-electron chi connectivity index (χ4n) is 5.64. The highest BCUT2D eigenvalue weighted by Gasteiger charge is 2.56. The highest BCUT2D eigenvalue weighted by molar-refractivity contribution is 5.84. The first-order valence-electron chi connectivity index (χ1n) is 15.2. The van der Waals surface area contributed by atoms with Crippen molar-refractivity contribution in [3.05, 3.63) is 0 Å². The van der Waals surface area contributed by atoms with Crippen molar-refractivity contribution in [2.24, 2.45) is 11.8 Å². The minimum Gasteiger partial charge on any atom is -0.465 e. The Bertz CT molecular complexity index is 515. The molecule has 0 radical (unpaired) electrons. The second-order valence-corrected chi connectivity index (χ2v) is 10.8. The van der Waals surface area contributed by atoms with Gasteiger partial charge in [0, 0.05) is 0 Å². The van der Waals surface area contributed by atoms with Crippen molar-refractivity contribution in [1.82, 2.24) is 0 Å². The number of esters is 2. The summed E-state index contributed by atoms with van der Waals surface area (Å²) in [4.78, 5) is 25.6. The number of ether oxygens (including phenoxy) is 3. The van der Waals surface area contributed by atoms with Gasteiger partial charge in [0.25, 0.3) is 0 Å². The maximum atomic E-state index is 12.8. The normalized spacial score (nSPS) is 23.0. The topological polar surface area (TPSA) is 61.8 Å². The van der Waals surface area contributed by atoms with Crippen molar-refractivity contribution in [1.29, 1.82) is 0 Å². The van der Waals surface area contributed by atoms with Gasteiger partial charge in [-0.25, -0.2) is 0 Å². The second-order valence-electron chi connectivity index (χ2n) is 10.8. The lowest BCUT2D eigenvalue weighted by molar-refractivity contribution is -0.161. The van der Waals surface area contributed by atoms with E-state index in [2.05, 4.69) is 13.8 Å². The maximum Gasteiger partial charge on any atom is 0.312 e. The first-order chi connectivity index (χ1) is 17.2. The maximum absolute atomic E-state index is 12.8. The lowest BCUT2D eigenvalue weighted by atomic mass is 9.79. The van der Waals surface area contributed by atoms with Crippen LogP contribution in [0.5, 0.6) is 0 Å². The van der Waals surface area contributed by atoms with Gasteiger partial charge in [-0.3, -0.25) is 9.59 Å². The third-order valence-corrected chi connectivity index (χ3v) is 7.80. The number of unbranched alkanes of at least 4 members (excludes halogenated alkanes) is 16. The number of fused-ring (bicyclic) bond motifs is 2. The molecule has 0 saturated carbocycles. The van der Waals surface area contributed by atoms with E-state index < -0.39 is 11.8 Å². The number of rotatable bonds is 22. The van der Waals surface area contributed by atoms with Crippen LogP contribution in [0.4, 0.5) is 0 Å². The summed E-state index contributed by atoms with van der Waals surface area (Å²) in [5, 5.41) is 0. The average Bonchev–Trinajstić information content (AvgIpc) is 3.48. The Morgan fingerprint density at radius 2 is 0.857 bits per heavy atom. The average molecular weight is 495 g/mol.